The zero-order valence-corrected chi connectivity index (χ0v) is 16.2. The highest BCUT2D eigenvalue weighted by atomic mass is 79.9. The maximum atomic E-state index is 8.90. The molecule has 4 nitrogen and oxygen atoms in total. The van der Waals surface area contributed by atoms with Crippen LogP contribution in [-0.4, -0.2) is 7.05 Å². The van der Waals surface area contributed by atoms with Crippen LogP contribution in [0.4, 0.5) is 11.4 Å². The number of nitrogens with zero attached hydrogens (tertiary/aromatic N) is 4. The summed E-state index contributed by atoms with van der Waals surface area (Å²) in [5.74, 6) is 6.29. The Bertz CT molecular complexity index is 1060. The number of anilines is 1. The quantitative estimate of drug-likeness (QED) is 0.306. The van der Waals surface area contributed by atoms with Crippen LogP contribution in [0.1, 0.15) is 16.7 Å². The lowest BCUT2D eigenvalue weighted by molar-refractivity contribution is 0.922. The molecule has 0 N–H and O–H groups in total. The first-order chi connectivity index (χ1) is 13.2. The number of benzene rings is 3. The van der Waals surface area contributed by atoms with Crippen molar-refractivity contribution in [1.82, 2.24) is 0 Å². The van der Waals surface area contributed by atoms with E-state index in [0.29, 0.717) is 11.3 Å². The fourth-order valence-electron chi connectivity index (χ4n) is 2.25. The first kappa shape index (κ1) is 18.4. The summed E-state index contributed by atoms with van der Waals surface area (Å²) in [4.78, 5) is 0. The first-order valence-corrected chi connectivity index (χ1v) is 8.97. The molecule has 0 bridgehead atoms. The molecule has 3 rings (SSSR count). The van der Waals surface area contributed by atoms with E-state index in [0.717, 1.165) is 21.3 Å². The van der Waals surface area contributed by atoms with Gasteiger partial charge in [-0.2, -0.15) is 5.26 Å². The molecule has 0 atom stereocenters. The zero-order chi connectivity index (χ0) is 19.1. The highest BCUT2D eigenvalue weighted by Gasteiger charge is 2.02. The molecule has 0 aromatic heterocycles. The predicted molar refractivity (Wildman–Crippen MR) is 111 cm³/mol. The van der Waals surface area contributed by atoms with Crippen molar-refractivity contribution >= 4 is 27.3 Å². The van der Waals surface area contributed by atoms with Crippen LogP contribution in [-0.2, 0) is 0 Å². The Labute approximate surface area is 166 Å². The van der Waals surface area contributed by atoms with E-state index in [-0.39, 0.29) is 0 Å². The van der Waals surface area contributed by atoms with E-state index in [2.05, 4.69) is 44.2 Å². The van der Waals surface area contributed by atoms with Crippen molar-refractivity contribution in [1.29, 1.82) is 5.26 Å². The molecule has 0 radical (unpaired) electrons. The first-order valence-electron chi connectivity index (χ1n) is 8.18. The summed E-state index contributed by atoms with van der Waals surface area (Å²) in [6, 6.07) is 24.9. The van der Waals surface area contributed by atoms with Crippen molar-refractivity contribution in [3.8, 4) is 17.9 Å². The van der Waals surface area contributed by atoms with E-state index in [4.69, 9.17) is 5.26 Å². The second kappa shape index (κ2) is 8.80. The molecular weight excluding hydrogens is 400 g/mol. The number of nitriles is 1. The minimum atomic E-state index is 0.571. The van der Waals surface area contributed by atoms with Crippen LogP contribution >= 0.6 is 15.9 Å². The molecule has 0 amide bonds. The average Bonchev–Trinajstić information content (AvgIpc) is 2.72. The van der Waals surface area contributed by atoms with Crippen molar-refractivity contribution in [2.45, 2.75) is 0 Å². The minimum Gasteiger partial charge on any atom is -0.250 e. The Hall–Kier alpha value is -3.41. The SMILES string of the molecule is CN(N=Nc1ccc(C#N)cc1Br)c1ccc(C#Cc2ccccc2)cc1. The van der Waals surface area contributed by atoms with Gasteiger partial charge in [0.2, 0.25) is 0 Å². The van der Waals surface area contributed by atoms with E-state index < -0.39 is 0 Å². The summed E-state index contributed by atoms with van der Waals surface area (Å²) in [5, 5.41) is 19.0. The highest BCUT2D eigenvalue weighted by Crippen LogP contribution is 2.27. The molecule has 0 heterocycles. The number of rotatable bonds is 3. The van der Waals surface area contributed by atoms with Gasteiger partial charge in [0.05, 0.1) is 17.3 Å². The normalized spacial score (nSPS) is 10.1. The van der Waals surface area contributed by atoms with Gasteiger partial charge in [-0.15, -0.1) is 5.11 Å². The Kier molecular flexibility index (Phi) is 5.99. The van der Waals surface area contributed by atoms with Gasteiger partial charge in [0.25, 0.3) is 0 Å². The fourth-order valence-corrected chi connectivity index (χ4v) is 2.71. The average molecular weight is 415 g/mol. The molecule has 5 heteroatoms. The van der Waals surface area contributed by atoms with Crippen molar-refractivity contribution in [3.63, 3.8) is 0 Å². The van der Waals surface area contributed by atoms with E-state index >= 15 is 0 Å². The third-order valence-corrected chi connectivity index (χ3v) is 4.36. The molecule has 0 aliphatic rings. The molecule has 3 aromatic rings. The van der Waals surface area contributed by atoms with Gasteiger partial charge in [-0.05, 0) is 70.5 Å². The molecule has 3 aromatic carbocycles. The summed E-state index contributed by atoms with van der Waals surface area (Å²) in [7, 11) is 1.83. The van der Waals surface area contributed by atoms with Crippen LogP contribution in [0.5, 0.6) is 0 Å². The molecule has 130 valence electrons. The molecule has 0 aliphatic carbocycles. The lowest BCUT2D eigenvalue weighted by atomic mass is 10.1. The Morgan fingerprint density at radius 2 is 1.48 bits per heavy atom. The maximum Gasteiger partial charge on any atom is 0.102 e. The Morgan fingerprint density at radius 1 is 0.852 bits per heavy atom. The van der Waals surface area contributed by atoms with Gasteiger partial charge in [-0.3, -0.25) is 0 Å². The van der Waals surface area contributed by atoms with Gasteiger partial charge in [0.15, 0.2) is 0 Å². The largest absolute Gasteiger partial charge is 0.250 e. The van der Waals surface area contributed by atoms with Gasteiger partial charge in [-0.25, -0.2) is 5.01 Å². The van der Waals surface area contributed by atoms with Crippen LogP contribution in [0.25, 0.3) is 0 Å². The minimum absolute atomic E-state index is 0.571. The van der Waals surface area contributed by atoms with Gasteiger partial charge in [0, 0.05) is 22.6 Å². The smallest absolute Gasteiger partial charge is 0.102 e. The molecule has 0 aliphatic heterocycles. The molecule has 27 heavy (non-hydrogen) atoms. The number of hydrogen-bond donors (Lipinski definition) is 0. The summed E-state index contributed by atoms with van der Waals surface area (Å²) in [6.45, 7) is 0. The topological polar surface area (TPSA) is 51.8 Å². The third kappa shape index (κ3) is 5.04. The van der Waals surface area contributed by atoms with Gasteiger partial charge in [-0.1, -0.05) is 35.3 Å². The standard InChI is InChI=1S/C22H15BrN4/c1-27(26-25-22-14-11-19(16-24)15-21(22)23)20-12-9-18(10-13-20)8-7-17-5-3-2-4-6-17/h2-6,9-15H,1H3. The fraction of sp³-hybridized carbons (Fsp3) is 0.0455. The van der Waals surface area contributed by atoms with E-state index in [1.807, 2.05) is 61.6 Å². The molecule has 0 spiro atoms. The van der Waals surface area contributed by atoms with Crippen molar-refractivity contribution in [2.75, 3.05) is 12.1 Å². The van der Waals surface area contributed by atoms with Crippen molar-refractivity contribution < 1.29 is 0 Å². The Balaban J connectivity index is 1.70. The summed E-state index contributed by atoms with van der Waals surface area (Å²) in [5.41, 5.74) is 4.05. The molecule has 0 unspecified atom stereocenters. The maximum absolute atomic E-state index is 8.90. The molecule has 0 saturated heterocycles. The second-order valence-corrected chi connectivity index (χ2v) is 6.51. The van der Waals surface area contributed by atoms with Gasteiger partial charge in [0.1, 0.15) is 5.69 Å². The van der Waals surface area contributed by atoms with E-state index in [1.165, 1.54) is 0 Å². The van der Waals surface area contributed by atoms with E-state index in [1.54, 1.807) is 23.2 Å². The number of hydrogen-bond acceptors (Lipinski definition) is 3. The molecule has 0 fully saturated rings. The summed E-state index contributed by atoms with van der Waals surface area (Å²) < 4.78 is 0.727. The van der Waals surface area contributed by atoms with Crippen LogP contribution in [0, 0.1) is 23.2 Å². The van der Waals surface area contributed by atoms with Crippen LogP contribution in [0.15, 0.2) is 87.6 Å². The van der Waals surface area contributed by atoms with Crippen LogP contribution < -0.4 is 5.01 Å². The van der Waals surface area contributed by atoms with Crippen molar-refractivity contribution in [2.24, 2.45) is 10.3 Å². The van der Waals surface area contributed by atoms with Crippen LogP contribution in [0.3, 0.4) is 0 Å². The predicted octanol–water partition coefficient (Wildman–Crippen LogP) is 5.86. The van der Waals surface area contributed by atoms with Crippen LogP contribution in [0.2, 0.25) is 0 Å². The molecular formula is C22H15BrN4. The number of halogens is 1. The molecule has 0 saturated carbocycles. The lowest BCUT2D eigenvalue weighted by Crippen LogP contribution is -2.06. The van der Waals surface area contributed by atoms with Gasteiger partial charge < -0.3 is 0 Å². The lowest BCUT2D eigenvalue weighted by Gasteiger charge is -2.11. The second-order valence-electron chi connectivity index (χ2n) is 5.65. The van der Waals surface area contributed by atoms with Gasteiger partial charge >= 0.3 is 0 Å². The zero-order valence-electron chi connectivity index (χ0n) is 14.6. The summed E-state index contributed by atoms with van der Waals surface area (Å²) >= 11 is 3.40. The van der Waals surface area contributed by atoms with Crippen molar-refractivity contribution in [3.05, 3.63) is 94.0 Å². The third-order valence-electron chi connectivity index (χ3n) is 3.73. The monoisotopic (exact) mass is 414 g/mol. The van der Waals surface area contributed by atoms with E-state index in [9.17, 15) is 0 Å². The summed E-state index contributed by atoms with van der Waals surface area (Å²) in [6.07, 6.45) is 0. The highest BCUT2D eigenvalue weighted by molar-refractivity contribution is 9.10. The Morgan fingerprint density at radius 3 is 2.11 bits per heavy atom.